The first-order chi connectivity index (χ1) is 9.99. The summed E-state index contributed by atoms with van der Waals surface area (Å²) in [5.74, 6) is 0. The Labute approximate surface area is 136 Å². The normalized spacial score (nSPS) is 30.5. The van der Waals surface area contributed by atoms with Crippen LogP contribution in [0.25, 0.3) is 0 Å². The molecule has 0 radical (unpaired) electrons. The van der Waals surface area contributed by atoms with Gasteiger partial charge in [-0.2, -0.15) is 0 Å². The molecule has 0 aliphatic heterocycles. The number of carbonyl (C=O) groups is 2. The van der Waals surface area contributed by atoms with E-state index >= 15 is 0 Å². The number of aliphatic hydroxyl groups excluding tert-OH is 1. The van der Waals surface area contributed by atoms with E-state index in [4.69, 9.17) is 14.2 Å². The van der Waals surface area contributed by atoms with Crippen molar-refractivity contribution in [1.29, 1.82) is 0 Å². The molecule has 0 saturated carbocycles. The molecule has 0 saturated heterocycles. The first-order valence-electron chi connectivity index (χ1n) is 6.35. The van der Waals surface area contributed by atoms with E-state index in [0.717, 1.165) is 0 Å². The fraction of sp³-hybridized carbons (Fsp3) is 0.667. The predicted octanol–water partition coefficient (Wildman–Crippen LogP) is 0.882. The average molecular weight is 414 g/mol. The van der Waals surface area contributed by atoms with Crippen LogP contribution >= 0.6 is 22.9 Å². The summed E-state index contributed by atoms with van der Waals surface area (Å²) in [6.45, 7) is 0. The van der Waals surface area contributed by atoms with Crippen molar-refractivity contribution >= 4 is 35.1 Å². The van der Waals surface area contributed by atoms with Gasteiger partial charge in [-0.1, -0.05) is 0 Å². The highest BCUT2D eigenvalue weighted by Crippen LogP contribution is 2.20. The molecule has 2 amide bonds. The average Bonchev–Trinajstić information content (AvgIpc) is 2.47. The molecule has 120 valence electrons. The van der Waals surface area contributed by atoms with Crippen LogP contribution in [0, 0.1) is 0 Å². The molecule has 0 aromatic carbocycles. The highest BCUT2D eigenvalue weighted by atomic mass is 127. The molecule has 3 N–H and O–H groups in total. The van der Waals surface area contributed by atoms with Crippen molar-refractivity contribution < 1.29 is 28.9 Å². The fourth-order valence-corrected chi connectivity index (χ4v) is 2.09. The lowest BCUT2D eigenvalue weighted by molar-refractivity contribution is -0.0513. The minimum atomic E-state index is -0.844. The Bertz CT molecular complexity index is 392. The summed E-state index contributed by atoms with van der Waals surface area (Å²) in [5, 5.41) is 12.4. The summed E-state index contributed by atoms with van der Waals surface area (Å²) in [6.07, 6.45) is -0.0677. The first-order valence-corrected chi connectivity index (χ1v) is 7.42. The quantitative estimate of drug-likeness (QED) is 0.360. The molecule has 8 nitrogen and oxygen atoms in total. The molecule has 0 spiro atoms. The number of alkyl carbamates (subject to hydrolysis) is 1. The summed E-state index contributed by atoms with van der Waals surface area (Å²) >= 11 is 1.66. The third-order valence-corrected chi connectivity index (χ3v) is 3.45. The highest BCUT2D eigenvalue weighted by molar-refractivity contribution is 14.1. The van der Waals surface area contributed by atoms with E-state index in [2.05, 4.69) is 8.85 Å². The molecule has 21 heavy (non-hydrogen) atoms. The topological polar surface area (TPSA) is 106 Å². The van der Waals surface area contributed by atoms with Crippen LogP contribution in [0.5, 0.6) is 0 Å². The summed E-state index contributed by atoms with van der Waals surface area (Å²) in [4.78, 5) is 22.6. The highest BCUT2D eigenvalue weighted by Gasteiger charge is 2.29. The van der Waals surface area contributed by atoms with Crippen LogP contribution in [0.3, 0.4) is 0 Å². The number of ether oxygens (including phenoxy) is 3. The number of aliphatic hydroxyl groups is 1. The van der Waals surface area contributed by atoms with Crippen molar-refractivity contribution in [3.63, 3.8) is 0 Å². The van der Waals surface area contributed by atoms with Gasteiger partial charge in [0.25, 0.3) is 0 Å². The molecule has 4 atom stereocenters. The van der Waals surface area contributed by atoms with Crippen LogP contribution in [0.4, 0.5) is 9.59 Å². The van der Waals surface area contributed by atoms with E-state index in [1.807, 2.05) is 0 Å². The zero-order chi connectivity index (χ0) is 15.8. The monoisotopic (exact) mass is 414 g/mol. The maximum atomic E-state index is 11.3. The number of hydrogen-bond donors (Lipinski definition) is 3. The second kappa shape index (κ2) is 9.05. The van der Waals surface area contributed by atoms with Crippen molar-refractivity contribution in [2.45, 2.75) is 37.3 Å². The van der Waals surface area contributed by atoms with Crippen LogP contribution < -0.4 is 8.85 Å². The minimum Gasteiger partial charge on any atom is -0.442 e. The van der Waals surface area contributed by atoms with Crippen molar-refractivity contribution in [2.75, 3.05) is 14.2 Å². The predicted molar refractivity (Wildman–Crippen MR) is 81.9 cm³/mol. The number of halogens is 1. The molecule has 9 heteroatoms. The number of rotatable bonds is 3. The van der Waals surface area contributed by atoms with E-state index < -0.39 is 36.6 Å². The third-order valence-electron chi connectivity index (χ3n) is 3.01. The van der Waals surface area contributed by atoms with Gasteiger partial charge in [-0.25, -0.2) is 9.59 Å². The van der Waals surface area contributed by atoms with Gasteiger partial charge in [0.2, 0.25) is 0 Å². The summed E-state index contributed by atoms with van der Waals surface area (Å²) in [5.41, 5.74) is 0. The molecule has 1 rings (SSSR count). The van der Waals surface area contributed by atoms with E-state index in [1.165, 1.54) is 14.2 Å². The second-order valence-corrected chi connectivity index (χ2v) is 4.97. The smallest absolute Gasteiger partial charge is 0.416 e. The Morgan fingerprint density at radius 3 is 2.29 bits per heavy atom. The number of methoxy groups -OCH3 is 1. The Hall–Kier alpha value is -1.07. The Kier molecular flexibility index (Phi) is 7.75. The molecule has 0 heterocycles. The molecule has 0 bridgehead atoms. The molecular formula is C12H19IN2O6. The summed E-state index contributed by atoms with van der Waals surface area (Å²) in [7, 11) is 2.91. The van der Waals surface area contributed by atoms with Gasteiger partial charge in [0, 0.05) is 27.0 Å². The molecule has 0 aromatic rings. The largest absolute Gasteiger partial charge is 0.442 e. The van der Waals surface area contributed by atoms with Crippen molar-refractivity contribution in [3.8, 4) is 0 Å². The van der Waals surface area contributed by atoms with Gasteiger partial charge >= 0.3 is 12.2 Å². The lowest BCUT2D eigenvalue weighted by Crippen LogP contribution is -2.39. The molecule has 1 aliphatic carbocycles. The zero-order valence-electron chi connectivity index (χ0n) is 11.7. The maximum Gasteiger partial charge on any atom is 0.416 e. The molecular weight excluding hydrogens is 395 g/mol. The van der Waals surface area contributed by atoms with Crippen molar-refractivity contribution in [1.82, 2.24) is 8.85 Å². The lowest BCUT2D eigenvalue weighted by atomic mass is 9.97. The Morgan fingerprint density at radius 1 is 1.19 bits per heavy atom. The minimum absolute atomic E-state index is 0.202. The van der Waals surface area contributed by atoms with E-state index in [-0.39, 0.29) is 6.42 Å². The van der Waals surface area contributed by atoms with Gasteiger partial charge in [-0.15, -0.1) is 0 Å². The third kappa shape index (κ3) is 6.06. The summed E-state index contributed by atoms with van der Waals surface area (Å²) in [6, 6.07) is 0. The molecule has 0 aromatic heterocycles. The SMILES string of the molecule is CNC(=O)OC1/C=C/C(OC(=O)NI)CC(OC)C(O)C1. The van der Waals surface area contributed by atoms with E-state index in [9.17, 15) is 14.7 Å². The van der Waals surface area contributed by atoms with Gasteiger partial charge in [0.1, 0.15) is 12.2 Å². The summed E-state index contributed by atoms with van der Waals surface area (Å²) < 4.78 is 17.8. The fourth-order valence-electron chi connectivity index (χ4n) is 1.97. The van der Waals surface area contributed by atoms with E-state index in [0.29, 0.717) is 6.42 Å². The van der Waals surface area contributed by atoms with Crippen molar-refractivity contribution in [2.24, 2.45) is 0 Å². The molecule has 4 unspecified atom stereocenters. The number of hydrogen-bond acceptors (Lipinski definition) is 6. The number of amides is 2. The van der Waals surface area contributed by atoms with E-state index in [1.54, 1.807) is 35.0 Å². The zero-order valence-corrected chi connectivity index (χ0v) is 13.9. The number of nitrogens with one attached hydrogen (secondary N) is 2. The van der Waals surface area contributed by atoms with Crippen LogP contribution in [0.1, 0.15) is 12.8 Å². The van der Waals surface area contributed by atoms with Gasteiger partial charge in [-0.3, -0.25) is 3.53 Å². The number of carbonyl (C=O) groups excluding carboxylic acids is 2. The maximum absolute atomic E-state index is 11.3. The molecule has 0 fully saturated rings. The second-order valence-electron chi connectivity index (χ2n) is 4.43. The van der Waals surface area contributed by atoms with Gasteiger partial charge in [0.05, 0.1) is 35.1 Å². The van der Waals surface area contributed by atoms with Crippen LogP contribution in [0.2, 0.25) is 0 Å². The van der Waals surface area contributed by atoms with Gasteiger partial charge in [0.15, 0.2) is 0 Å². The Balaban J connectivity index is 2.81. The Morgan fingerprint density at radius 2 is 1.76 bits per heavy atom. The van der Waals surface area contributed by atoms with Crippen LogP contribution in [0.15, 0.2) is 12.2 Å². The van der Waals surface area contributed by atoms with Crippen LogP contribution in [-0.2, 0) is 14.2 Å². The van der Waals surface area contributed by atoms with Gasteiger partial charge < -0.3 is 24.6 Å². The molecule has 1 aliphatic rings. The lowest BCUT2D eigenvalue weighted by Gasteiger charge is -2.29. The van der Waals surface area contributed by atoms with Crippen molar-refractivity contribution in [3.05, 3.63) is 12.2 Å². The van der Waals surface area contributed by atoms with Crippen LogP contribution in [-0.4, -0.2) is 55.9 Å². The first kappa shape index (κ1) is 18.0. The van der Waals surface area contributed by atoms with Gasteiger partial charge in [-0.05, 0) is 12.2 Å². The standard InChI is InChI=1S/C12H19IN2O6/c1-14-11(17)20-7-3-4-8(21-12(18)15-13)6-10(19-2)9(16)5-7/h3-4,7-10,16H,5-6H2,1-2H3,(H,14,17)(H,15,18)/b4-3+.